The van der Waals surface area contributed by atoms with Crippen LogP contribution in [0.25, 0.3) is 0 Å². The van der Waals surface area contributed by atoms with Crippen molar-refractivity contribution in [2.24, 2.45) is 0 Å². The average molecular weight is 192 g/mol. The molecule has 0 saturated heterocycles. The largest absolute Gasteiger partial charge is 0.460 e. The van der Waals surface area contributed by atoms with Crippen molar-refractivity contribution in [3.05, 3.63) is 0 Å². The molecule has 0 fully saturated rings. The van der Waals surface area contributed by atoms with E-state index in [4.69, 9.17) is 0 Å². The van der Waals surface area contributed by atoms with E-state index in [0.717, 1.165) is 0 Å². The van der Waals surface area contributed by atoms with Crippen LogP contribution < -0.4 is 0 Å². The van der Waals surface area contributed by atoms with E-state index in [1.807, 2.05) is 0 Å². The van der Waals surface area contributed by atoms with Crippen LogP contribution in [0.3, 0.4) is 0 Å². The van der Waals surface area contributed by atoms with Gasteiger partial charge in [0.2, 0.25) is 0 Å². The van der Waals surface area contributed by atoms with Gasteiger partial charge >= 0.3 is 11.9 Å². The van der Waals surface area contributed by atoms with Gasteiger partial charge in [0.25, 0.3) is 0 Å². The van der Waals surface area contributed by atoms with E-state index >= 15 is 0 Å². The third-order valence-electron chi connectivity index (χ3n) is 1.25. The van der Waals surface area contributed by atoms with Crippen molar-refractivity contribution < 1.29 is 23.5 Å². The maximum absolute atomic E-state index is 11.6. The Kier molecular flexibility index (Phi) is 5.84. The van der Waals surface area contributed by atoms with Crippen LogP contribution in [0.4, 0.5) is 4.39 Å². The molecule has 0 aliphatic rings. The molecule has 0 bridgehead atoms. The Hall–Kier alpha value is -1.13. The first-order valence-electron chi connectivity index (χ1n) is 4.03. The number of rotatable bonds is 5. The predicted molar refractivity (Wildman–Crippen MR) is 42.8 cm³/mol. The van der Waals surface area contributed by atoms with E-state index in [1.54, 1.807) is 6.92 Å². The molecule has 0 spiro atoms. The summed E-state index contributed by atoms with van der Waals surface area (Å²) in [6, 6.07) is 0. The molecule has 0 aromatic carbocycles. The molecule has 0 N–H and O–H groups in total. The summed E-state index contributed by atoms with van der Waals surface area (Å²) < 4.78 is 20.6. The molecule has 1 atom stereocenters. The lowest BCUT2D eigenvalue weighted by atomic mass is 10.4. The highest BCUT2D eigenvalue weighted by atomic mass is 19.1. The zero-order valence-electron chi connectivity index (χ0n) is 7.71. The first-order chi connectivity index (χ1) is 6.11. The first kappa shape index (κ1) is 11.9. The number of carbonyl (C=O) groups excluding carboxylic acids is 2. The fourth-order valence-electron chi connectivity index (χ4n) is 0.585. The zero-order chi connectivity index (χ0) is 10.3. The lowest BCUT2D eigenvalue weighted by molar-refractivity contribution is -0.166. The molecule has 76 valence electrons. The number of carbonyl (C=O) groups is 2. The maximum Gasteiger partial charge on any atom is 0.347 e. The Labute approximate surface area is 76.0 Å². The molecule has 0 heterocycles. The van der Waals surface area contributed by atoms with E-state index in [2.05, 4.69) is 9.47 Å². The van der Waals surface area contributed by atoms with Crippen molar-refractivity contribution in [1.29, 1.82) is 0 Å². The molecule has 13 heavy (non-hydrogen) atoms. The highest BCUT2D eigenvalue weighted by molar-refractivity contribution is 5.78. The molecule has 1 unspecified atom stereocenters. The molecule has 0 aliphatic carbocycles. The highest BCUT2D eigenvalue weighted by Crippen LogP contribution is 1.97. The number of esters is 2. The summed E-state index contributed by atoms with van der Waals surface area (Å²) in [5, 5.41) is 0. The van der Waals surface area contributed by atoms with Crippen LogP contribution in [0.2, 0.25) is 0 Å². The van der Waals surface area contributed by atoms with Crippen molar-refractivity contribution >= 4 is 11.9 Å². The van der Waals surface area contributed by atoms with E-state index in [1.165, 1.54) is 6.92 Å². The summed E-state index contributed by atoms with van der Waals surface area (Å²) in [4.78, 5) is 21.6. The second-order valence-corrected chi connectivity index (χ2v) is 2.34. The zero-order valence-corrected chi connectivity index (χ0v) is 7.71. The Morgan fingerprint density at radius 1 is 1.46 bits per heavy atom. The van der Waals surface area contributed by atoms with Gasteiger partial charge in [-0.3, -0.25) is 4.79 Å². The van der Waals surface area contributed by atoms with Crippen LogP contribution >= 0.6 is 0 Å². The topological polar surface area (TPSA) is 52.6 Å². The molecule has 4 nitrogen and oxygen atoms in total. The highest BCUT2D eigenvalue weighted by Gasteiger charge is 2.17. The van der Waals surface area contributed by atoms with Gasteiger partial charge in [0, 0.05) is 6.42 Å². The number of ether oxygens (including phenoxy) is 2. The van der Waals surface area contributed by atoms with Crippen molar-refractivity contribution in [3.8, 4) is 0 Å². The van der Waals surface area contributed by atoms with Crippen molar-refractivity contribution in [2.75, 3.05) is 13.3 Å². The third kappa shape index (κ3) is 5.16. The monoisotopic (exact) mass is 192 g/mol. The smallest absolute Gasteiger partial charge is 0.347 e. The standard InChI is InChI=1S/C8H13FO4/c1-3-7(10)13-6(2)8(11)12-5-4-9/h6H,3-5H2,1-2H3. The van der Waals surface area contributed by atoms with Crippen LogP contribution in [0.1, 0.15) is 20.3 Å². The van der Waals surface area contributed by atoms with Gasteiger partial charge in [-0.05, 0) is 6.92 Å². The van der Waals surface area contributed by atoms with Gasteiger partial charge in [0.15, 0.2) is 6.10 Å². The molecule has 0 aromatic heterocycles. The summed E-state index contributed by atoms with van der Waals surface area (Å²) in [7, 11) is 0. The molecular formula is C8H13FO4. The number of alkyl halides is 1. The van der Waals surface area contributed by atoms with Gasteiger partial charge < -0.3 is 9.47 Å². The summed E-state index contributed by atoms with van der Waals surface area (Å²) >= 11 is 0. The van der Waals surface area contributed by atoms with Crippen LogP contribution in [-0.4, -0.2) is 31.3 Å². The molecule has 0 aliphatic heterocycles. The molecule has 0 saturated carbocycles. The van der Waals surface area contributed by atoms with Gasteiger partial charge in [-0.1, -0.05) is 6.92 Å². The summed E-state index contributed by atoms with van der Waals surface area (Å²) in [6.07, 6.45) is -0.764. The fourth-order valence-corrected chi connectivity index (χ4v) is 0.585. The van der Waals surface area contributed by atoms with E-state index < -0.39 is 24.7 Å². The van der Waals surface area contributed by atoms with Gasteiger partial charge in [0.1, 0.15) is 13.3 Å². The number of halogens is 1. The van der Waals surface area contributed by atoms with Crippen LogP contribution in [0.15, 0.2) is 0 Å². The molecule has 5 heteroatoms. The second kappa shape index (κ2) is 6.39. The average Bonchev–Trinajstić information content (AvgIpc) is 2.13. The van der Waals surface area contributed by atoms with Crippen molar-refractivity contribution in [1.82, 2.24) is 0 Å². The Morgan fingerprint density at radius 3 is 2.54 bits per heavy atom. The SMILES string of the molecule is CCC(=O)OC(C)C(=O)OCCF. The minimum atomic E-state index is -0.959. The first-order valence-corrected chi connectivity index (χ1v) is 4.03. The second-order valence-electron chi connectivity index (χ2n) is 2.34. The Morgan fingerprint density at radius 2 is 2.08 bits per heavy atom. The van der Waals surface area contributed by atoms with Crippen molar-refractivity contribution in [2.45, 2.75) is 26.4 Å². The van der Waals surface area contributed by atoms with E-state index in [9.17, 15) is 14.0 Å². The Balaban J connectivity index is 3.75. The van der Waals surface area contributed by atoms with Crippen molar-refractivity contribution in [3.63, 3.8) is 0 Å². The normalized spacial score (nSPS) is 11.9. The molecule has 0 rings (SSSR count). The summed E-state index contributed by atoms with van der Waals surface area (Å²) in [5.74, 6) is -1.20. The summed E-state index contributed by atoms with van der Waals surface area (Å²) in [6.45, 7) is 1.96. The predicted octanol–water partition coefficient (Wildman–Crippen LogP) is 0.841. The van der Waals surface area contributed by atoms with Crippen LogP contribution in [0.5, 0.6) is 0 Å². The van der Waals surface area contributed by atoms with Gasteiger partial charge in [-0.2, -0.15) is 0 Å². The molecular weight excluding hydrogens is 179 g/mol. The van der Waals surface area contributed by atoms with Crippen LogP contribution in [0, 0.1) is 0 Å². The minimum Gasteiger partial charge on any atom is -0.460 e. The molecule has 0 aromatic rings. The lowest BCUT2D eigenvalue weighted by Crippen LogP contribution is -2.26. The maximum atomic E-state index is 11.6. The summed E-state index contributed by atoms with van der Waals surface area (Å²) in [5.41, 5.74) is 0. The number of hydrogen-bond donors (Lipinski definition) is 0. The minimum absolute atomic E-state index is 0.195. The van der Waals surface area contributed by atoms with E-state index in [-0.39, 0.29) is 13.0 Å². The van der Waals surface area contributed by atoms with Gasteiger partial charge in [0.05, 0.1) is 0 Å². The molecule has 0 amide bonds. The Bertz CT molecular complexity index is 181. The quantitative estimate of drug-likeness (QED) is 0.606. The lowest BCUT2D eigenvalue weighted by Gasteiger charge is -2.10. The van der Waals surface area contributed by atoms with E-state index in [0.29, 0.717) is 0 Å². The molecule has 0 radical (unpaired) electrons. The van der Waals surface area contributed by atoms with Crippen LogP contribution in [-0.2, 0) is 19.1 Å². The van der Waals surface area contributed by atoms with Gasteiger partial charge in [-0.25, -0.2) is 9.18 Å². The third-order valence-corrected chi connectivity index (χ3v) is 1.25. The fraction of sp³-hybridized carbons (Fsp3) is 0.750. The number of hydrogen-bond acceptors (Lipinski definition) is 4. The van der Waals surface area contributed by atoms with Gasteiger partial charge in [-0.15, -0.1) is 0 Å².